The molecule has 0 aliphatic carbocycles. The van der Waals surface area contributed by atoms with Crippen molar-refractivity contribution in [2.75, 3.05) is 12.4 Å². The average Bonchev–Trinajstić information content (AvgIpc) is 3.59. The maximum absolute atomic E-state index is 14.3. The summed E-state index contributed by atoms with van der Waals surface area (Å²) in [6.07, 6.45) is 3.64. The number of aryl methyl sites for hydroxylation is 2. The number of benzene rings is 3. The molecule has 40 heavy (non-hydrogen) atoms. The first-order valence-electron chi connectivity index (χ1n) is 13.8. The molecule has 0 bridgehead atoms. The second-order valence-electron chi connectivity index (χ2n) is 9.90. The van der Waals surface area contributed by atoms with Crippen LogP contribution in [-0.4, -0.2) is 32.4 Å². The first-order chi connectivity index (χ1) is 19.6. The molecule has 0 radical (unpaired) electrons. The van der Waals surface area contributed by atoms with Crippen LogP contribution in [0.25, 0.3) is 11.5 Å². The molecule has 2 amide bonds. The van der Waals surface area contributed by atoms with Crippen molar-refractivity contribution < 1.29 is 9.53 Å². The Morgan fingerprint density at radius 1 is 0.950 bits per heavy atom. The first kappa shape index (κ1) is 25.5. The fourth-order valence-corrected chi connectivity index (χ4v) is 5.65. The predicted octanol–water partition coefficient (Wildman–Crippen LogP) is 6.93. The Morgan fingerprint density at radius 2 is 1.75 bits per heavy atom. The molecule has 3 heterocycles. The number of fused-ring (bicyclic) bond motifs is 3. The van der Waals surface area contributed by atoms with Gasteiger partial charge < -0.3 is 19.5 Å². The minimum atomic E-state index is -0.361. The number of hydrogen-bond acceptors (Lipinski definition) is 3. The van der Waals surface area contributed by atoms with E-state index in [9.17, 15) is 4.79 Å². The van der Waals surface area contributed by atoms with Gasteiger partial charge in [0.1, 0.15) is 11.6 Å². The lowest BCUT2D eigenvalue weighted by Crippen LogP contribution is -2.38. The lowest BCUT2D eigenvalue weighted by Gasteiger charge is -2.31. The molecular formula is C33H33N5O2. The molecule has 0 saturated carbocycles. The molecule has 0 saturated heterocycles. The van der Waals surface area contributed by atoms with Gasteiger partial charge in [-0.15, -0.1) is 0 Å². The van der Waals surface area contributed by atoms with Crippen molar-refractivity contribution in [3.8, 4) is 17.3 Å². The molecule has 1 atom stereocenters. The fraction of sp³-hybridized carbons (Fsp3) is 0.212. The normalized spacial score (nSPS) is 14.3. The van der Waals surface area contributed by atoms with Crippen molar-refractivity contribution in [2.24, 2.45) is 0 Å². The smallest absolute Gasteiger partial charge is 0.322 e. The molecule has 1 N–H and O–H groups in total. The van der Waals surface area contributed by atoms with Crippen LogP contribution >= 0.6 is 0 Å². The summed E-state index contributed by atoms with van der Waals surface area (Å²) in [6, 6.07) is 29.7. The maximum atomic E-state index is 14.3. The van der Waals surface area contributed by atoms with Crippen LogP contribution in [0.1, 0.15) is 48.0 Å². The predicted molar refractivity (Wildman–Crippen MR) is 157 cm³/mol. The molecule has 0 unspecified atom stereocenters. The van der Waals surface area contributed by atoms with Gasteiger partial charge in [-0.3, -0.25) is 0 Å². The molecule has 202 valence electrons. The summed E-state index contributed by atoms with van der Waals surface area (Å²) >= 11 is 0. The second-order valence-corrected chi connectivity index (χ2v) is 9.90. The van der Waals surface area contributed by atoms with Crippen molar-refractivity contribution >= 4 is 11.7 Å². The molecule has 0 fully saturated rings. The van der Waals surface area contributed by atoms with Gasteiger partial charge in [-0.1, -0.05) is 62.4 Å². The van der Waals surface area contributed by atoms with Crippen LogP contribution in [0.2, 0.25) is 0 Å². The summed E-state index contributed by atoms with van der Waals surface area (Å²) in [5, 5.41) is 8.28. The molecule has 2 aromatic heterocycles. The number of rotatable bonds is 6. The number of urea groups is 1. The van der Waals surface area contributed by atoms with Crippen LogP contribution in [0.15, 0.2) is 97.2 Å². The minimum absolute atomic E-state index is 0.163. The topological polar surface area (TPSA) is 64.3 Å². The lowest BCUT2D eigenvalue weighted by atomic mass is 10.0. The Morgan fingerprint density at radius 3 is 2.52 bits per heavy atom. The maximum Gasteiger partial charge on any atom is 0.322 e. The Labute approximate surface area is 234 Å². The highest BCUT2D eigenvalue weighted by molar-refractivity contribution is 5.91. The fourth-order valence-electron chi connectivity index (χ4n) is 5.65. The van der Waals surface area contributed by atoms with Crippen molar-refractivity contribution in [3.05, 3.63) is 125 Å². The number of carbonyl (C=O) groups is 1. The van der Waals surface area contributed by atoms with E-state index in [-0.39, 0.29) is 12.1 Å². The number of carbonyl (C=O) groups excluding carboxylic acids is 1. The van der Waals surface area contributed by atoms with Gasteiger partial charge in [-0.05, 0) is 66.4 Å². The van der Waals surface area contributed by atoms with E-state index >= 15 is 0 Å². The SMILES string of the molecule is CCc1ccccc1NC(=O)N1Cc2c(CC)nn(-c3ccccc3)c2-n2cccc2[C@@H]1c1cccc(OC)c1. The van der Waals surface area contributed by atoms with Gasteiger partial charge >= 0.3 is 6.03 Å². The molecule has 7 nitrogen and oxygen atoms in total. The molecule has 6 rings (SSSR count). The van der Waals surface area contributed by atoms with E-state index in [1.807, 2.05) is 70.2 Å². The third-order valence-corrected chi connectivity index (χ3v) is 7.61. The van der Waals surface area contributed by atoms with Gasteiger partial charge in [0.15, 0.2) is 0 Å². The number of nitrogens with one attached hydrogen (secondary N) is 1. The van der Waals surface area contributed by atoms with Crippen LogP contribution in [0.5, 0.6) is 5.75 Å². The van der Waals surface area contributed by atoms with E-state index in [4.69, 9.17) is 9.84 Å². The molecule has 0 spiro atoms. The van der Waals surface area contributed by atoms with Crippen molar-refractivity contribution in [1.29, 1.82) is 0 Å². The zero-order chi connectivity index (χ0) is 27.6. The Hall–Kier alpha value is -4.78. The Bertz CT molecular complexity index is 1650. The Kier molecular flexibility index (Phi) is 6.86. The highest BCUT2D eigenvalue weighted by Gasteiger charge is 2.36. The van der Waals surface area contributed by atoms with Crippen LogP contribution in [0.4, 0.5) is 10.5 Å². The number of nitrogens with zero attached hydrogens (tertiary/aromatic N) is 4. The quantitative estimate of drug-likeness (QED) is 0.258. The molecule has 1 aliphatic rings. The summed E-state index contributed by atoms with van der Waals surface area (Å²) < 4.78 is 9.78. The number of hydrogen-bond donors (Lipinski definition) is 1. The summed E-state index contributed by atoms with van der Waals surface area (Å²) in [5.41, 5.74) is 6.86. The molecule has 3 aromatic carbocycles. The summed E-state index contributed by atoms with van der Waals surface area (Å²) in [5.74, 6) is 1.71. The molecule has 1 aliphatic heterocycles. The second kappa shape index (κ2) is 10.8. The minimum Gasteiger partial charge on any atom is -0.497 e. The largest absolute Gasteiger partial charge is 0.497 e. The number of aromatic nitrogens is 3. The van der Waals surface area contributed by atoms with Crippen molar-refractivity contribution in [3.63, 3.8) is 0 Å². The van der Waals surface area contributed by atoms with Crippen molar-refractivity contribution in [2.45, 2.75) is 39.3 Å². The number of para-hydroxylation sites is 2. The van der Waals surface area contributed by atoms with E-state index in [0.29, 0.717) is 6.54 Å². The van der Waals surface area contributed by atoms with Crippen LogP contribution in [-0.2, 0) is 19.4 Å². The summed E-state index contributed by atoms with van der Waals surface area (Å²) in [4.78, 5) is 16.2. The first-order valence-corrected chi connectivity index (χ1v) is 13.8. The van der Waals surface area contributed by atoms with Crippen LogP contribution in [0, 0.1) is 0 Å². The molecule has 7 heteroatoms. The van der Waals surface area contributed by atoms with E-state index in [1.165, 1.54) is 0 Å². The summed E-state index contributed by atoms with van der Waals surface area (Å²) in [7, 11) is 1.67. The number of methoxy groups -OCH3 is 1. The number of ether oxygens (including phenoxy) is 1. The van der Waals surface area contributed by atoms with Gasteiger partial charge in [0.2, 0.25) is 0 Å². The molecule has 5 aromatic rings. The van der Waals surface area contributed by atoms with Gasteiger partial charge in [0.05, 0.1) is 36.8 Å². The van der Waals surface area contributed by atoms with Gasteiger partial charge in [0, 0.05) is 17.4 Å². The van der Waals surface area contributed by atoms with Crippen molar-refractivity contribution in [1.82, 2.24) is 19.2 Å². The van der Waals surface area contributed by atoms with E-state index in [2.05, 4.69) is 60.3 Å². The third-order valence-electron chi connectivity index (χ3n) is 7.61. The number of amides is 2. The zero-order valence-corrected chi connectivity index (χ0v) is 23.0. The Balaban J connectivity index is 1.56. The lowest BCUT2D eigenvalue weighted by molar-refractivity contribution is 0.194. The van der Waals surface area contributed by atoms with Crippen LogP contribution in [0.3, 0.4) is 0 Å². The third kappa shape index (κ3) is 4.43. The highest BCUT2D eigenvalue weighted by Crippen LogP contribution is 2.39. The zero-order valence-electron chi connectivity index (χ0n) is 23.0. The van der Waals surface area contributed by atoms with E-state index in [1.54, 1.807) is 7.11 Å². The van der Waals surface area contributed by atoms with Gasteiger partial charge in [-0.2, -0.15) is 5.10 Å². The molecular weight excluding hydrogens is 498 g/mol. The monoisotopic (exact) mass is 531 g/mol. The standard InChI is InChI=1S/C33H33N5O2/c1-4-23-13-9-10-18-29(23)34-33(39)37-22-27-28(5-2)35-38(25-15-7-6-8-16-25)32(27)36-20-12-19-30(36)31(37)24-14-11-17-26(21-24)40-3/h6-21,31H,4-5,22H2,1-3H3,(H,34,39)/t31-/m0/s1. The van der Waals surface area contributed by atoms with E-state index in [0.717, 1.165) is 63.9 Å². The van der Waals surface area contributed by atoms with Gasteiger partial charge in [-0.25, -0.2) is 9.48 Å². The summed E-state index contributed by atoms with van der Waals surface area (Å²) in [6.45, 7) is 4.61. The highest BCUT2D eigenvalue weighted by atomic mass is 16.5. The van der Waals surface area contributed by atoms with Crippen LogP contribution < -0.4 is 10.1 Å². The number of anilines is 1. The van der Waals surface area contributed by atoms with E-state index < -0.39 is 0 Å². The average molecular weight is 532 g/mol. The van der Waals surface area contributed by atoms with Gasteiger partial charge in [0.25, 0.3) is 0 Å².